The summed E-state index contributed by atoms with van der Waals surface area (Å²) >= 11 is 6.05. The number of nitrogens with one attached hydrogen (secondary N) is 2. The van der Waals surface area contributed by atoms with Gasteiger partial charge in [-0.3, -0.25) is 0 Å². The average molecular weight is 390 g/mol. The Morgan fingerprint density at radius 1 is 0.821 bits per heavy atom. The third-order valence-electron chi connectivity index (χ3n) is 4.09. The van der Waals surface area contributed by atoms with Gasteiger partial charge in [0.2, 0.25) is 5.89 Å². The van der Waals surface area contributed by atoms with Crippen molar-refractivity contribution in [2.75, 3.05) is 10.6 Å². The topological polar surface area (TPSA) is 67.2 Å². The number of para-hydroxylation sites is 1. The highest BCUT2D eigenvalue weighted by molar-refractivity contribution is 6.33. The largest absolute Gasteiger partial charge is 0.444 e. The Labute approximate surface area is 167 Å². The number of anilines is 2. The Bertz CT molecular complexity index is 1090. The Balaban J connectivity index is 1.44. The molecule has 2 N–H and O–H groups in total. The summed E-state index contributed by atoms with van der Waals surface area (Å²) in [5.41, 5.74) is 3.78. The van der Waals surface area contributed by atoms with Crippen molar-refractivity contribution >= 4 is 29.0 Å². The van der Waals surface area contributed by atoms with Crippen LogP contribution in [-0.4, -0.2) is 11.0 Å². The maximum Gasteiger partial charge on any atom is 0.323 e. The molecule has 0 fully saturated rings. The van der Waals surface area contributed by atoms with Gasteiger partial charge in [0.15, 0.2) is 0 Å². The van der Waals surface area contributed by atoms with E-state index in [-0.39, 0.29) is 6.03 Å². The van der Waals surface area contributed by atoms with Gasteiger partial charge in [0.1, 0.15) is 12.0 Å². The van der Waals surface area contributed by atoms with Gasteiger partial charge in [0.25, 0.3) is 0 Å². The highest BCUT2D eigenvalue weighted by Crippen LogP contribution is 2.26. The Kier molecular flexibility index (Phi) is 5.08. The van der Waals surface area contributed by atoms with Crippen molar-refractivity contribution in [1.29, 1.82) is 0 Å². The number of urea groups is 1. The molecule has 1 heterocycles. The number of carbonyl (C=O) groups is 1. The van der Waals surface area contributed by atoms with Crippen LogP contribution < -0.4 is 10.6 Å². The number of halogens is 1. The van der Waals surface area contributed by atoms with Crippen molar-refractivity contribution < 1.29 is 9.21 Å². The van der Waals surface area contributed by atoms with E-state index in [0.29, 0.717) is 22.3 Å². The van der Waals surface area contributed by atoms with Gasteiger partial charge in [-0.05, 0) is 36.4 Å². The number of aromatic nitrogens is 1. The lowest BCUT2D eigenvalue weighted by Crippen LogP contribution is -2.19. The number of hydrogen-bond donors (Lipinski definition) is 2. The zero-order chi connectivity index (χ0) is 19.3. The van der Waals surface area contributed by atoms with Crippen molar-refractivity contribution in [3.63, 3.8) is 0 Å². The fourth-order valence-corrected chi connectivity index (χ4v) is 2.87. The van der Waals surface area contributed by atoms with Crippen molar-refractivity contribution in [2.45, 2.75) is 0 Å². The maximum atomic E-state index is 12.1. The third-order valence-corrected chi connectivity index (χ3v) is 4.42. The van der Waals surface area contributed by atoms with Crippen LogP contribution >= 0.6 is 11.6 Å². The second kappa shape index (κ2) is 7.98. The summed E-state index contributed by atoms with van der Waals surface area (Å²) in [6.07, 6.45) is 1.63. The lowest BCUT2D eigenvalue weighted by molar-refractivity contribution is 0.262. The van der Waals surface area contributed by atoms with E-state index in [9.17, 15) is 4.79 Å². The van der Waals surface area contributed by atoms with E-state index in [4.69, 9.17) is 16.0 Å². The van der Waals surface area contributed by atoms with Gasteiger partial charge < -0.3 is 15.1 Å². The molecule has 4 aromatic rings. The first kappa shape index (κ1) is 17.8. The van der Waals surface area contributed by atoms with Gasteiger partial charge in [0, 0.05) is 16.8 Å². The fraction of sp³-hybridized carbons (Fsp3) is 0. The van der Waals surface area contributed by atoms with E-state index >= 15 is 0 Å². The molecule has 0 bridgehead atoms. The van der Waals surface area contributed by atoms with Gasteiger partial charge in [0.05, 0.1) is 10.7 Å². The average Bonchev–Trinajstić information content (AvgIpc) is 3.21. The summed E-state index contributed by atoms with van der Waals surface area (Å²) in [6.45, 7) is 0. The minimum Gasteiger partial charge on any atom is -0.444 e. The van der Waals surface area contributed by atoms with Crippen molar-refractivity contribution in [2.24, 2.45) is 0 Å². The molecule has 0 aliphatic rings. The van der Waals surface area contributed by atoms with Gasteiger partial charge in [-0.1, -0.05) is 54.1 Å². The first-order valence-corrected chi connectivity index (χ1v) is 9.01. The molecule has 0 unspecified atom stereocenters. The normalized spacial score (nSPS) is 10.5. The molecule has 28 heavy (non-hydrogen) atoms. The number of benzene rings is 3. The van der Waals surface area contributed by atoms with Crippen LogP contribution in [0.25, 0.3) is 22.7 Å². The smallest absolute Gasteiger partial charge is 0.323 e. The van der Waals surface area contributed by atoms with E-state index in [2.05, 4.69) is 15.6 Å². The van der Waals surface area contributed by atoms with Crippen LogP contribution in [0.4, 0.5) is 16.2 Å². The number of nitrogens with zero attached hydrogens (tertiary/aromatic N) is 1. The highest BCUT2D eigenvalue weighted by atomic mass is 35.5. The standard InChI is InChI=1S/C22H16ClN3O2/c23-18-8-4-5-9-19(18)26-22(27)24-17-12-10-16(11-13-17)21-25-20(14-28-21)15-6-2-1-3-7-15/h1-14H,(H2,24,26,27). The van der Waals surface area contributed by atoms with Crippen LogP contribution in [-0.2, 0) is 0 Å². The van der Waals surface area contributed by atoms with E-state index < -0.39 is 0 Å². The summed E-state index contributed by atoms with van der Waals surface area (Å²) in [5.74, 6) is 0.519. The molecule has 2 amide bonds. The molecule has 1 aromatic heterocycles. The summed E-state index contributed by atoms with van der Waals surface area (Å²) in [7, 11) is 0. The van der Waals surface area contributed by atoms with Gasteiger partial charge in [-0.2, -0.15) is 0 Å². The van der Waals surface area contributed by atoms with Crippen molar-refractivity contribution in [3.05, 3.63) is 90.1 Å². The molecule has 0 saturated heterocycles. The lowest BCUT2D eigenvalue weighted by Gasteiger charge is -2.09. The fourth-order valence-electron chi connectivity index (χ4n) is 2.69. The molecule has 6 heteroatoms. The Hall–Kier alpha value is -3.57. The maximum absolute atomic E-state index is 12.1. The predicted octanol–water partition coefficient (Wildman–Crippen LogP) is 6.31. The minimum absolute atomic E-state index is 0.372. The molecule has 0 atom stereocenters. The SMILES string of the molecule is O=C(Nc1ccc(-c2nc(-c3ccccc3)co2)cc1)Nc1ccccc1Cl. The Morgan fingerprint density at radius 3 is 2.29 bits per heavy atom. The van der Waals surface area contributed by atoms with Crippen LogP contribution in [0.1, 0.15) is 0 Å². The highest BCUT2D eigenvalue weighted by Gasteiger charge is 2.09. The number of oxazole rings is 1. The molecule has 3 aromatic carbocycles. The molecule has 0 saturated carbocycles. The summed E-state index contributed by atoms with van der Waals surface area (Å²) in [6, 6.07) is 23.8. The number of amides is 2. The summed E-state index contributed by atoms with van der Waals surface area (Å²) in [4.78, 5) is 16.7. The molecule has 4 rings (SSSR count). The Morgan fingerprint density at radius 2 is 1.54 bits per heavy atom. The minimum atomic E-state index is -0.372. The van der Waals surface area contributed by atoms with Gasteiger partial charge >= 0.3 is 6.03 Å². The van der Waals surface area contributed by atoms with E-state index in [0.717, 1.165) is 16.8 Å². The van der Waals surface area contributed by atoms with Gasteiger partial charge in [-0.15, -0.1) is 0 Å². The van der Waals surface area contributed by atoms with E-state index in [1.54, 1.807) is 42.7 Å². The molecule has 138 valence electrons. The van der Waals surface area contributed by atoms with E-state index in [1.807, 2.05) is 42.5 Å². The molecular weight excluding hydrogens is 374 g/mol. The lowest BCUT2D eigenvalue weighted by atomic mass is 10.2. The van der Waals surface area contributed by atoms with Crippen LogP contribution in [0.15, 0.2) is 89.5 Å². The quantitative estimate of drug-likeness (QED) is 0.430. The molecule has 0 aliphatic heterocycles. The molecule has 0 aliphatic carbocycles. The molecular formula is C22H16ClN3O2. The van der Waals surface area contributed by atoms with Crippen LogP contribution in [0.2, 0.25) is 5.02 Å². The molecule has 0 radical (unpaired) electrons. The second-order valence-electron chi connectivity index (χ2n) is 6.04. The zero-order valence-corrected chi connectivity index (χ0v) is 15.5. The van der Waals surface area contributed by atoms with E-state index in [1.165, 1.54) is 0 Å². The van der Waals surface area contributed by atoms with Crippen LogP contribution in [0.3, 0.4) is 0 Å². The summed E-state index contributed by atoms with van der Waals surface area (Å²) in [5, 5.41) is 5.96. The third kappa shape index (κ3) is 4.05. The first-order valence-electron chi connectivity index (χ1n) is 8.63. The number of rotatable bonds is 4. The number of hydrogen-bond acceptors (Lipinski definition) is 3. The molecule has 5 nitrogen and oxygen atoms in total. The first-order chi connectivity index (χ1) is 13.7. The second-order valence-corrected chi connectivity index (χ2v) is 6.45. The van der Waals surface area contributed by atoms with Crippen LogP contribution in [0.5, 0.6) is 0 Å². The van der Waals surface area contributed by atoms with Crippen molar-refractivity contribution in [3.8, 4) is 22.7 Å². The van der Waals surface area contributed by atoms with Gasteiger partial charge in [-0.25, -0.2) is 9.78 Å². The summed E-state index contributed by atoms with van der Waals surface area (Å²) < 4.78 is 5.59. The number of carbonyl (C=O) groups excluding carboxylic acids is 1. The van der Waals surface area contributed by atoms with Crippen LogP contribution in [0, 0.1) is 0 Å². The zero-order valence-electron chi connectivity index (χ0n) is 14.7. The predicted molar refractivity (Wildman–Crippen MR) is 111 cm³/mol. The van der Waals surface area contributed by atoms with Crippen molar-refractivity contribution in [1.82, 2.24) is 4.98 Å². The molecule has 0 spiro atoms. The monoisotopic (exact) mass is 389 g/mol.